The van der Waals surface area contributed by atoms with Gasteiger partial charge in [-0.25, -0.2) is 0 Å². The predicted octanol–water partition coefficient (Wildman–Crippen LogP) is 6.64. The van der Waals surface area contributed by atoms with Crippen molar-refractivity contribution in [1.82, 2.24) is 0 Å². The quantitative estimate of drug-likeness (QED) is 0.203. The van der Waals surface area contributed by atoms with Crippen LogP contribution in [0.2, 0.25) is 5.02 Å². The number of hydrogen-bond acceptors (Lipinski definition) is 6. The highest BCUT2D eigenvalue weighted by Crippen LogP contribution is 2.40. The third kappa shape index (κ3) is 9.86. The number of rotatable bonds is 19. The highest BCUT2D eigenvalue weighted by Gasteiger charge is 2.49. The monoisotopic (exact) mass is 528 g/mol. The van der Waals surface area contributed by atoms with Crippen LogP contribution in [0.4, 0.5) is 0 Å². The van der Waals surface area contributed by atoms with Crippen molar-refractivity contribution in [3.63, 3.8) is 0 Å². The number of halogens is 1. The summed E-state index contributed by atoms with van der Waals surface area (Å²) in [5.74, 6) is 0. The summed E-state index contributed by atoms with van der Waals surface area (Å²) in [6, 6.07) is 5.57. The van der Waals surface area contributed by atoms with Crippen LogP contribution in [0.3, 0.4) is 0 Å². The number of hydrogen-bond donors (Lipinski definition) is 1. The lowest BCUT2D eigenvalue weighted by Gasteiger charge is -2.46. The molecule has 1 aliphatic rings. The molecule has 6 nitrogen and oxygen atoms in total. The molecule has 0 bridgehead atoms. The first kappa shape index (κ1) is 31.5. The van der Waals surface area contributed by atoms with Gasteiger partial charge in [-0.05, 0) is 43.4 Å². The Kier molecular flexibility index (Phi) is 16.2. The molecule has 0 aromatic heterocycles. The summed E-state index contributed by atoms with van der Waals surface area (Å²) in [6.45, 7) is 11.5. The van der Waals surface area contributed by atoms with Crippen molar-refractivity contribution in [2.45, 2.75) is 116 Å². The average molecular weight is 529 g/mol. The fourth-order valence-corrected chi connectivity index (χ4v) is 4.54. The van der Waals surface area contributed by atoms with E-state index in [0.717, 1.165) is 62.5 Å². The van der Waals surface area contributed by atoms with Crippen LogP contribution in [0.25, 0.3) is 0 Å². The number of ether oxygens (including phenoxy) is 5. The van der Waals surface area contributed by atoms with E-state index in [-0.39, 0.29) is 24.9 Å². The Balaban J connectivity index is 2.44. The van der Waals surface area contributed by atoms with Gasteiger partial charge in [0.2, 0.25) is 0 Å². The summed E-state index contributed by atoms with van der Waals surface area (Å²) < 4.78 is 32.3. The minimum Gasteiger partial charge on any atom is -0.392 e. The average Bonchev–Trinajstić information content (AvgIpc) is 2.89. The normalized spacial score (nSPS) is 24.3. The van der Waals surface area contributed by atoms with E-state index in [2.05, 4.69) is 27.7 Å². The zero-order chi connectivity index (χ0) is 26.2. The zero-order valence-electron chi connectivity index (χ0n) is 22.9. The molecule has 7 heteroatoms. The van der Waals surface area contributed by atoms with E-state index in [9.17, 15) is 5.11 Å². The highest BCUT2D eigenvalue weighted by atomic mass is 35.5. The maximum Gasteiger partial charge on any atom is 0.117 e. The zero-order valence-corrected chi connectivity index (χ0v) is 23.6. The molecule has 1 aromatic carbocycles. The van der Waals surface area contributed by atoms with Gasteiger partial charge >= 0.3 is 0 Å². The van der Waals surface area contributed by atoms with Crippen LogP contribution in [-0.4, -0.2) is 62.6 Å². The molecule has 208 valence electrons. The molecule has 1 N–H and O–H groups in total. The van der Waals surface area contributed by atoms with E-state index in [0.29, 0.717) is 38.1 Å². The topological polar surface area (TPSA) is 66.4 Å². The Hall–Kier alpha value is -0.730. The van der Waals surface area contributed by atoms with Gasteiger partial charge in [-0.15, -0.1) is 0 Å². The third-order valence-corrected chi connectivity index (χ3v) is 6.88. The molecular formula is C29H49ClO6. The number of aliphatic hydroxyl groups is 1. The largest absolute Gasteiger partial charge is 0.392 e. The SMILES string of the molecule is CCCCOCC1OC(c2cc(CO)ccc2Cl)[C@H](OCCCC)C(OCCCC)[C@@H]1OCCCC. The van der Waals surface area contributed by atoms with Crippen molar-refractivity contribution < 1.29 is 28.8 Å². The van der Waals surface area contributed by atoms with Gasteiger partial charge in [-0.3, -0.25) is 0 Å². The van der Waals surface area contributed by atoms with Crippen LogP contribution >= 0.6 is 11.6 Å². The Morgan fingerprint density at radius 1 is 0.778 bits per heavy atom. The second-order valence-electron chi connectivity index (χ2n) is 9.60. The molecule has 1 heterocycles. The molecule has 0 radical (unpaired) electrons. The van der Waals surface area contributed by atoms with E-state index >= 15 is 0 Å². The third-order valence-electron chi connectivity index (χ3n) is 6.53. The molecule has 0 aliphatic carbocycles. The van der Waals surface area contributed by atoms with E-state index in [1.807, 2.05) is 18.2 Å². The van der Waals surface area contributed by atoms with E-state index in [1.54, 1.807) is 0 Å². The van der Waals surface area contributed by atoms with Gasteiger partial charge in [-0.2, -0.15) is 0 Å². The standard InChI is InChI=1S/C29H49ClO6/c1-5-9-15-32-21-25-27(33-16-10-6-2)29(35-18-12-8-4)28(34-17-11-7-3)26(36-25)23-19-22(20-31)13-14-24(23)30/h13-14,19,25-29,31H,5-12,15-18,20-21H2,1-4H3/t25?,26?,27-,28+,29?/m1/s1. The van der Waals surface area contributed by atoms with Crippen LogP contribution < -0.4 is 0 Å². The molecule has 1 aliphatic heterocycles. The Morgan fingerprint density at radius 3 is 1.92 bits per heavy atom. The number of aliphatic hydroxyl groups excluding tert-OH is 1. The summed E-state index contributed by atoms with van der Waals surface area (Å²) in [5, 5.41) is 10.4. The number of benzene rings is 1. The molecule has 36 heavy (non-hydrogen) atoms. The van der Waals surface area contributed by atoms with Gasteiger partial charge in [0.05, 0.1) is 13.2 Å². The van der Waals surface area contributed by atoms with E-state index in [1.165, 1.54) is 0 Å². The van der Waals surface area contributed by atoms with Gasteiger partial charge in [-0.1, -0.05) is 71.0 Å². The van der Waals surface area contributed by atoms with Gasteiger partial charge in [0, 0.05) is 37.0 Å². The predicted molar refractivity (Wildman–Crippen MR) is 145 cm³/mol. The second-order valence-corrected chi connectivity index (χ2v) is 10.0. The lowest BCUT2D eigenvalue weighted by molar-refractivity contribution is -0.268. The molecule has 1 saturated heterocycles. The Bertz CT molecular complexity index is 702. The molecular weight excluding hydrogens is 480 g/mol. The second kappa shape index (κ2) is 18.5. The van der Waals surface area contributed by atoms with Crippen LogP contribution in [0.15, 0.2) is 18.2 Å². The minimum atomic E-state index is -0.460. The summed E-state index contributed by atoms with van der Waals surface area (Å²) in [4.78, 5) is 0. The summed E-state index contributed by atoms with van der Waals surface area (Å²) in [7, 11) is 0. The Labute approximate surface area is 223 Å². The molecule has 1 aromatic rings. The molecule has 2 rings (SSSR count). The van der Waals surface area contributed by atoms with Crippen LogP contribution in [0.5, 0.6) is 0 Å². The van der Waals surface area contributed by atoms with Crippen molar-refractivity contribution in [1.29, 1.82) is 0 Å². The van der Waals surface area contributed by atoms with E-state index < -0.39 is 12.2 Å². The maximum atomic E-state index is 9.79. The van der Waals surface area contributed by atoms with Crippen LogP contribution in [0.1, 0.15) is 96.3 Å². The lowest BCUT2D eigenvalue weighted by Crippen LogP contribution is -2.58. The first-order chi connectivity index (χ1) is 17.6. The van der Waals surface area contributed by atoms with Gasteiger partial charge in [0.1, 0.15) is 30.5 Å². The Morgan fingerprint density at radius 2 is 1.33 bits per heavy atom. The van der Waals surface area contributed by atoms with Crippen molar-refractivity contribution in [2.75, 3.05) is 33.0 Å². The summed E-state index contributed by atoms with van der Waals surface area (Å²) >= 11 is 6.70. The molecule has 3 unspecified atom stereocenters. The first-order valence-electron chi connectivity index (χ1n) is 14.1. The minimum absolute atomic E-state index is 0.0685. The number of unbranched alkanes of at least 4 members (excludes halogenated alkanes) is 4. The fraction of sp³-hybridized carbons (Fsp3) is 0.793. The molecule has 0 spiro atoms. The van der Waals surface area contributed by atoms with Crippen molar-refractivity contribution >= 4 is 11.6 Å². The van der Waals surface area contributed by atoms with Gasteiger partial charge < -0.3 is 28.8 Å². The molecule has 1 fully saturated rings. The smallest absolute Gasteiger partial charge is 0.117 e. The van der Waals surface area contributed by atoms with Crippen molar-refractivity contribution in [3.8, 4) is 0 Å². The van der Waals surface area contributed by atoms with Gasteiger partial charge in [0.15, 0.2) is 0 Å². The fourth-order valence-electron chi connectivity index (χ4n) is 4.32. The maximum absolute atomic E-state index is 9.79. The molecule has 5 atom stereocenters. The summed E-state index contributed by atoms with van der Waals surface area (Å²) in [6.07, 6.45) is 6.28. The highest BCUT2D eigenvalue weighted by molar-refractivity contribution is 6.31. The lowest BCUT2D eigenvalue weighted by atomic mass is 9.89. The first-order valence-corrected chi connectivity index (χ1v) is 14.5. The van der Waals surface area contributed by atoms with E-state index in [4.69, 9.17) is 35.3 Å². The summed E-state index contributed by atoms with van der Waals surface area (Å²) in [5.41, 5.74) is 1.59. The molecule has 0 amide bonds. The molecule has 0 saturated carbocycles. The van der Waals surface area contributed by atoms with Crippen LogP contribution in [-0.2, 0) is 30.3 Å². The van der Waals surface area contributed by atoms with Gasteiger partial charge in [0.25, 0.3) is 0 Å². The van der Waals surface area contributed by atoms with Crippen molar-refractivity contribution in [2.24, 2.45) is 0 Å². The van der Waals surface area contributed by atoms with Crippen LogP contribution in [0, 0.1) is 0 Å². The van der Waals surface area contributed by atoms with Crippen molar-refractivity contribution in [3.05, 3.63) is 34.3 Å².